The van der Waals surface area contributed by atoms with Crippen molar-refractivity contribution in [2.24, 2.45) is 0 Å². The molecule has 1 unspecified atom stereocenters. The molecular formula is C8H12N4O2. The second kappa shape index (κ2) is 3.38. The van der Waals surface area contributed by atoms with E-state index in [2.05, 4.69) is 10.4 Å². The minimum absolute atomic E-state index is 0.108. The smallest absolute Gasteiger partial charge is 0.309 e. The molecule has 0 radical (unpaired) electrons. The zero-order valence-electron chi connectivity index (χ0n) is 7.93. The summed E-state index contributed by atoms with van der Waals surface area (Å²) in [5.74, 6) is 0. The van der Waals surface area contributed by atoms with Gasteiger partial charge in [-0.2, -0.15) is 5.10 Å². The zero-order chi connectivity index (χ0) is 10.1. The van der Waals surface area contributed by atoms with Gasteiger partial charge in [-0.3, -0.25) is 14.8 Å². The van der Waals surface area contributed by atoms with E-state index in [-0.39, 0.29) is 16.7 Å². The van der Waals surface area contributed by atoms with Gasteiger partial charge in [0.15, 0.2) is 0 Å². The maximum Gasteiger partial charge on any atom is 0.309 e. The molecular weight excluding hydrogens is 184 g/mol. The molecule has 2 rings (SSSR count). The predicted molar refractivity (Wildman–Crippen MR) is 50.1 cm³/mol. The van der Waals surface area contributed by atoms with E-state index in [1.807, 2.05) is 0 Å². The third-order valence-electron chi connectivity index (χ3n) is 2.50. The Morgan fingerprint density at radius 3 is 3.07 bits per heavy atom. The first-order valence-corrected chi connectivity index (χ1v) is 4.59. The lowest BCUT2D eigenvalue weighted by atomic mass is 10.3. The molecule has 6 heteroatoms. The molecule has 1 aliphatic heterocycles. The molecule has 6 nitrogen and oxygen atoms in total. The van der Waals surface area contributed by atoms with Gasteiger partial charge in [-0.25, -0.2) is 0 Å². The Bertz CT molecular complexity index is 354. The van der Waals surface area contributed by atoms with Crippen LogP contribution in [0.3, 0.4) is 0 Å². The zero-order valence-corrected chi connectivity index (χ0v) is 7.93. The van der Waals surface area contributed by atoms with Gasteiger partial charge >= 0.3 is 5.69 Å². The molecule has 0 saturated carbocycles. The van der Waals surface area contributed by atoms with E-state index in [0.29, 0.717) is 5.69 Å². The number of hydrogen-bond acceptors (Lipinski definition) is 4. The maximum atomic E-state index is 10.6. The predicted octanol–water partition coefficient (Wildman–Crippen LogP) is 0.634. The maximum absolute atomic E-state index is 10.6. The average Bonchev–Trinajstić information content (AvgIpc) is 2.70. The second-order valence-corrected chi connectivity index (χ2v) is 3.48. The van der Waals surface area contributed by atoms with Gasteiger partial charge in [-0.1, -0.05) is 0 Å². The Kier molecular flexibility index (Phi) is 2.20. The molecule has 1 saturated heterocycles. The molecule has 0 aliphatic carbocycles. The van der Waals surface area contributed by atoms with E-state index in [1.54, 1.807) is 11.6 Å². The van der Waals surface area contributed by atoms with Crippen molar-refractivity contribution in [1.82, 2.24) is 15.1 Å². The van der Waals surface area contributed by atoms with Gasteiger partial charge in [0.1, 0.15) is 11.9 Å². The SMILES string of the molecule is Cc1nn(C2CCNC2)cc1[N+](=O)[O-]. The third-order valence-corrected chi connectivity index (χ3v) is 2.50. The van der Waals surface area contributed by atoms with Crippen molar-refractivity contribution >= 4 is 5.69 Å². The van der Waals surface area contributed by atoms with Crippen molar-refractivity contribution < 1.29 is 4.92 Å². The summed E-state index contributed by atoms with van der Waals surface area (Å²) in [6.07, 6.45) is 2.51. The number of aromatic nitrogens is 2. The molecule has 1 aromatic rings. The monoisotopic (exact) mass is 196 g/mol. The molecule has 2 heterocycles. The highest BCUT2D eigenvalue weighted by atomic mass is 16.6. The molecule has 0 spiro atoms. The van der Waals surface area contributed by atoms with Gasteiger partial charge in [0.25, 0.3) is 0 Å². The normalized spacial score (nSPS) is 21.4. The summed E-state index contributed by atoms with van der Waals surface area (Å²) in [5.41, 5.74) is 0.596. The Balaban J connectivity index is 2.27. The van der Waals surface area contributed by atoms with E-state index in [0.717, 1.165) is 19.5 Å². The van der Waals surface area contributed by atoms with Gasteiger partial charge in [-0.05, 0) is 19.9 Å². The molecule has 76 valence electrons. The standard InChI is InChI=1S/C8H12N4O2/c1-6-8(12(13)14)5-11(10-6)7-2-3-9-4-7/h5,7,9H,2-4H2,1H3. The van der Waals surface area contributed by atoms with Crippen LogP contribution in [-0.2, 0) is 0 Å². The number of nitrogens with one attached hydrogen (secondary N) is 1. The Morgan fingerprint density at radius 2 is 2.57 bits per heavy atom. The number of nitro groups is 1. The lowest BCUT2D eigenvalue weighted by molar-refractivity contribution is -0.385. The first-order chi connectivity index (χ1) is 6.68. The molecule has 0 aromatic carbocycles. The third kappa shape index (κ3) is 1.48. The van der Waals surface area contributed by atoms with Crippen LogP contribution in [0, 0.1) is 17.0 Å². The van der Waals surface area contributed by atoms with Crippen molar-refractivity contribution in [3.05, 3.63) is 22.0 Å². The van der Waals surface area contributed by atoms with Crippen LogP contribution in [0.5, 0.6) is 0 Å². The van der Waals surface area contributed by atoms with Crippen molar-refractivity contribution in [2.45, 2.75) is 19.4 Å². The summed E-state index contributed by atoms with van der Waals surface area (Å²) in [6.45, 7) is 3.46. The summed E-state index contributed by atoms with van der Waals surface area (Å²) in [6, 6.07) is 0.266. The van der Waals surface area contributed by atoms with Crippen LogP contribution in [0.1, 0.15) is 18.2 Å². The van der Waals surface area contributed by atoms with E-state index in [1.165, 1.54) is 6.20 Å². The Morgan fingerprint density at radius 1 is 1.79 bits per heavy atom. The van der Waals surface area contributed by atoms with Gasteiger partial charge in [-0.15, -0.1) is 0 Å². The molecule has 1 aliphatic rings. The highest BCUT2D eigenvalue weighted by Gasteiger charge is 2.22. The van der Waals surface area contributed by atoms with Crippen molar-refractivity contribution in [1.29, 1.82) is 0 Å². The first kappa shape index (κ1) is 9.14. The Labute approximate surface area is 81.1 Å². The summed E-state index contributed by atoms with van der Waals surface area (Å²) < 4.78 is 1.70. The highest BCUT2D eigenvalue weighted by molar-refractivity contribution is 5.31. The van der Waals surface area contributed by atoms with E-state index < -0.39 is 0 Å². The van der Waals surface area contributed by atoms with Crippen molar-refractivity contribution in [3.63, 3.8) is 0 Å². The van der Waals surface area contributed by atoms with Crippen LogP contribution < -0.4 is 5.32 Å². The fourth-order valence-corrected chi connectivity index (χ4v) is 1.70. The van der Waals surface area contributed by atoms with Gasteiger partial charge in [0.2, 0.25) is 0 Å². The largest absolute Gasteiger partial charge is 0.315 e. The van der Waals surface area contributed by atoms with Gasteiger partial charge in [0.05, 0.1) is 11.0 Å². The van der Waals surface area contributed by atoms with Crippen LogP contribution >= 0.6 is 0 Å². The topological polar surface area (TPSA) is 73.0 Å². The minimum Gasteiger partial charge on any atom is -0.315 e. The van der Waals surface area contributed by atoms with Crippen molar-refractivity contribution in [3.8, 4) is 0 Å². The van der Waals surface area contributed by atoms with E-state index in [4.69, 9.17) is 0 Å². The molecule has 1 fully saturated rings. The number of hydrogen-bond donors (Lipinski definition) is 1. The number of nitrogens with zero attached hydrogens (tertiary/aromatic N) is 3. The summed E-state index contributed by atoms with van der Waals surface area (Å²) in [4.78, 5) is 10.2. The van der Waals surface area contributed by atoms with Crippen LogP contribution in [-0.4, -0.2) is 27.8 Å². The molecule has 1 N–H and O–H groups in total. The quantitative estimate of drug-likeness (QED) is 0.556. The van der Waals surface area contributed by atoms with Crippen LogP contribution in [0.2, 0.25) is 0 Å². The summed E-state index contributed by atoms with van der Waals surface area (Å²) in [7, 11) is 0. The fourth-order valence-electron chi connectivity index (χ4n) is 1.70. The van der Waals surface area contributed by atoms with E-state index >= 15 is 0 Å². The molecule has 1 aromatic heterocycles. The lowest BCUT2D eigenvalue weighted by Gasteiger charge is -2.06. The minimum atomic E-state index is -0.388. The van der Waals surface area contributed by atoms with Gasteiger partial charge < -0.3 is 5.32 Å². The summed E-state index contributed by atoms with van der Waals surface area (Å²) in [5, 5.41) is 17.9. The first-order valence-electron chi connectivity index (χ1n) is 4.59. The second-order valence-electron chi connectivity index (χ2n) is 3.48. The highest BCUT2D eigenvalue weighted by Crippen LogP contribution is 2.21. The lowest BCUT2D eigenvalue weighted by Crippen LogP contribution is -2.13. The van der Waals surface area contributed by atoms with Crippen molar-refractivity contribution in [2.75, 3.05) is 13.1 Å². The average molecular weight is 196 g/mol. The molecule has 14 heavy (non-hydrogen) atoms. The van der Waals surface area contributed by atoms with Crippen LogP contribution in [0.25, 0.3) is 0 Å². The number of aryl methyl sites for hydroxylation is 1. The Hall–Kier alpha value is -1.43. The number of rotatable bonds is 2. The molecule has 1 atom stereocenters. The van der Waals surface area contributed by atoms with Crippen LogP contribution in [0.15, 0.2) is 6.20 Å². The molecule has 0 amide bonds. The van der Waals surface area contributed by atoms with Crippen LogP contribution in [0.4, 0.5) is 5.69 Å². The van der Waals surface area contributed by atoms with Gasteiger partial charge in [0, 0.05) is 6.54 Å². The summed E-state index contributed by atoms with van der Waals surface area (Å²) >= 11 is 0. The molecule has 0 bridgehead atoms. The van der Waals surface area contributed by atoms with E-state index in [9.17, 15) is 10.1 Å². The fraction of sp³-hybridized carbons (Fsp3) is 0.625.